The maximum absolute atomic E-state index is 11.8. The van der Waals surface area contributed by atoms with Crippen LogP contribution in [0.25, 0.3) is 0 Å². The van der Waals surface area contributed by atoms with Crippen LogP contribution in [0.3, 0.4) is 0 Å². The van der Waals surface area contributed by atoms with Gasteiger partial charge in [0.05, 0.1) is 0 Å². The number of rotatable bonds is 7. The first kappa shape index (κ1) is 15.1. The molecule has 0 spiro atoms. The zero-order chi connectivity index (χ0) is 11.9. The number of hydrogen-bond donors (Lipinski definition) is 1. The molecule has 0 aromatic heterocycles. The molecule has 1 atom stereocenters. The highest BCUT2D eigenvalue weighted by Crippen LogP contribution is 2.23. The van der Waals surface area contributed by atoms with E-state index in [1.807, 2.05) is 0 Å². The summed E-state index contributed by atoms with van der Waals surface area (Å²) in [7, 11) is 0. The first-order valence-electron chi connectivity index (χ1n) is 5.21. The Kier molecular flexibility index (Phi) is 7.44. The molecule has 0 rings (SSSR count). The summed E-state index contributed by atoms with van der Waals surface area (Å²) in [5.41, 5.74) is 5.70. The lowest BCUT2D eigenvalue weighted by Gasteiger charge is -2.12. The molecule has 2 N–H and O–H groups in total. The minimum absolute atomic E-state index is 0.101. The van der Waals surface area contributed by atoms with E-state index >= 15 is 0 Å². The van der Waals surface area contributed by atoms with Gasteiger partial charge >= 0.3 is 6.18 Å². The Hall–Kier alpha value is 0.100. The normalized spacial score (nSPS) is 14.6. The van der Waals surface area contributed by atoms with Gasteiger partial charge in [0.1, 0.15) is 0 Å². The van der Waals surface area contributed by atoms with Crippen molar-refractivity contribution in [2.24, 2.45) is 11.7 Å². The van der Waals surface area contributed by atoms with Crippen LogP contribution in [0.4, 0.5) is 13.2 Å². The minimum atomic E-state index is -4.04. The topological polar surface area (TPSA) is 26.0 Å². The molecular formula is C10H20F3NS. The predicted molar refractivity (Wildman–Crippen MR) is 60.0 cm³/mol. The summed E-state index contributed by atoms with van der Waals surface area (Å²) in [6, 6.07) is -0.101. The smallest absolute Gasteiger partial charge is 0.327 e. The van der Waals surface area contributed by atoms with Gasteiger partial charge in [0.25, 0.3) is 0 Å². The van der Waals surface area contributed by atoms with E-state index in [2.05, 4.69) is 13.8 Å². The Bertz CT molecular complexity index is 159. The van der Waals surface area contributed by atoms with Gasteiger partial charge in [-0.3, -0.25) is 0 Å². The third kappa shape index (κ3) is 12.0. The Balaban J connectivity index is 3.37. The van der Waals surface area contributed by atoms with Crippen molar-refractivity contribution in [3.63, 3.8) is 0 Å². The molecule has 0 aromatic rings. The van der Waals surface area contributed by atoms with Crippen molar-refractivity contribution < 1.29 is 13.2 Å². The van der Waals surface area contributed by atoms with Crippen LogP contribution in [0.1, 0.15) is 33.1 Å². The van der Waals surface area contributed by atoms with Gasteiger partial charge in [-0.1, -0.05) is 13.8 Å². The second kappa shape index (κ2) is 7.39. The molecule has 1 unspecified atom stereocenters. The summed E-state index contributed by atoms with van der Waals surface area (Å²) in [5.74, 6) is 2.39. The highest BCUT2D eigenvalue weighted by atomic mass is 32.2. The van der Waals surface area contributed by atoms with Crippen LogP contribution in [0, 0.1) is 5.92 Å². The third-order valence-corrected chi connectivity index (χ3v) is 3.38. The Labute approximate surface area is 94.0 Å². The number of hydrogen-bond acceptors (Lipinski definition) is 2. The zero-order valence-electron chi connectivity index (χ0n) is 9.31. The zero-order valence-corrected chi connectivity index (χ0v) is 10.1. The fraction of sp³-hybridized carbons (Fsp3) is 1.00. The summed E-state index contributed by atoms with van der Waals surface area (Å²) in [6.45, 7) is 4.23. The van der Waals surface area contributed by atoms with Gasteiger partial charge in [-0.2, -0.15) is 24.9 Å². The molecule has 0 fully saturated rings. The van der Waals surface area contributed by atoms with Crippen molar-refractivity contribution in [3.8, 4) is 0 Å². The van der Waals surface area contributed by atoms with E-state index in [-0.39, 0.29) is 12.5 Å². The fourth-order valence-corrected chi connectivity index (χ4v) is 2.18. The molecule has 1 nitrogen and oxygen atoms in total. The van der Waals surface area contributed by atoms with E-state index in [9.17, 15) is 13.2 Å². The first-order chi connectivity index (χ1) is 6.81. The average molecular weight is 243 g/mol. The van der Waals surface area contributed by atoms with Crippen LogP contribution >= 0.6 is 11.8 Å². The van der Waals surface area contributed by atoms with Crippen LogP contribution in [0.5, 0.6) is 0 Å². The van der Waals surface area contributed by atoms with E-state index < -0.39 is 12.6 Å². The number of thioether (sulfide) groups is 1. The van der Waals surface area contributed by atoms with Crippen molar-refractivity contribution in [1.29, 1.82) is 0 Å². The van der Waals surface area contributed by atoms with Crippen molar-refractivity contribution >= 4 is 11.8 Å². The monoisotopic (exact) mass is 243 g/mol. The first-order valence-corrected chi connectivity index (χ1v) is 6.37. The molecule has 0 aliphatic carbocycles. The lowest BCUT2D eigenvalue weighted by molar-refractivity contribution is -0.135. The molecule has 0 saturated heterocycles. The van der Waals surface area contributed by atoms with E-state index in [0.29, 0.717) is 12.3 Å². The SMILES string of the molecule is CC(C)CSCC(N)CCCC(F)(F)F. The van der Waals surface area contributed by atoms with Gasteiger partial charge in [-0.15, -0.1) is 0 Å². The molecule has 5 heteroatoms. The lowest BCUT2D eigenvalue weighted by atomic mass is 10.1. The van der Waals surface area contributed by atoms with Crippen LogP contribution in [0.2, 0.25) is 0 Å². The maximum Gasteiger partial charge on any atom is 0.389 e. The fourth-order valence-electron chi connectivity index (χ4n) is 1.10. The standard InChI is InChI=1S/C10H20F3NS/c1-8(2)6-15-7-9(14)4-3-5-10(11,12)13/h8-9H,3-7,14H2,1-2H3. The highest BCUT2D eigenvalue weighted by Gasteiger charge is 2.26. The molecule has 0 bridgehead atoms. The average Bonchev–Trinajstić information content (AvgIpc) is 2.00. The van der Waals surface area contributed by atoms with E-state index in [1.165, 1.54) is 0 Å². The van der Waals surface area contributed by atoms with E-state index in [0.717, 1.165) is 11.5 Å². The molecular weight excluding hydrogens is 223 g/mol. The van der Waals surface area contributed by atoms with Gasteiger partial charge in [0, 0.05) is 18.2 Å². The number of halogens is 3. The minimum Gasteiger partial charge on any atom is -0.327 e. The molecule has 0 aliphatic heterocycles. The Morgan fingerprint density at radius 1 is 1.20 bits per heavy atom. The van der Waals surface area contributed by atoms with E-state index in [4.69, 9.17) is 5.73 Å². The second-order valence-corrected chi connectivity index (χ2v) is 5.27. The number of nitrogens with two attached hydrogens (primary N) is 1. The summed E-state index contributed by atoms with van der Waals surface area (Å²) < 4.78 is 35.5. The number of alkyl halides is 3. The maximum atomic E-state index is 11.8. The second-order valence-electron chi connectivity index (χ2n) is 4.20. The third-order valence-electron chi connectivity index (χ3n) is 1.82. The lowest BCUT2D eigenvalue weighted by Crippen LogP contribution is -2.24. The largest absolute Gasteiger partial charge is 0.389 e. The predicted octanol–water partition coefficient (Wildman–Crippen LogP) is 3.44. The van der Waals surface area contributed by atoms with Gasteiger partial charge in [0.2, 0.25) is 0 Å². The van der Waals surface area contributed by atoms with Crippen LogP contribution < -0.4 is 5.73 Å². The van der Waals surface area contributed by atoms with Crippen LogP contribution in [0.15, 0.2) is 0 Å². The molecule has 0 amide bonds. The quantitative estimate of drug-likeness (QED) is 0.741. The molecule has 0 aromatic carbocycles. The highest BCUT2D eigenvalue weighted by molar-refractivity contribution is 7.99. The molecule has 0 heterocycles. The van der Waals surface area contributed by atoms with Crippen molar-refractivity contribution in [2.75, 3.05) is 11.5 Å². The molecule has 0 radical (unpaired) electrons. The van der Waals surface area contributed by atoms with Gasteiger partial charge in [0.15, 0.2) is 0 Å². The van der Waals surface area contributed by atoms with Gasteiger partial charge in [-0.05, 0) is 24.5 Å². The Morgan fingerprint density at radius 3 is 2.27 bits per heavy atom. The van der Waals surface area contributed by atoms with E-state index in [1.54, 1.807) is 11.8 Å². The molecule has 15 heavy (non-hydrogen) atoms. The van der Waals surface area contributed by atoms with Crippen molar-refractivity contribution in [2.45, 2.75) is 45.3 Å². The van der Waals surface area contributed by atoms with Gasteiger partial charge in [-0.25, -0.2) is 0 Å². The van der Waals surface area contributed by atoms with Gasteiger partial charge < -0.3 is 5.73 Å². The summed E-state index contributed by atoms with van der Waals surface area (Å²) in [5, 5.41) is 0. The Morgan fingerprint density at radius 2 is 1.80 bits per heavy atom. The molecule has 92 valence electrons. The summed E-state index contributed by atoms with van der Waals surface area (Å²) in [6.07, 6.45) is -4.14. The molecule has 0 saturated carbocycles. The van der Waals surface area contributed by atoms with Crippen molar-refractivity contribution in [3.05, 3.63) is 0 Å². The summed E-state index contributed by atoms with van der Waals surface area (Å²) in [4.78, 5) is 0. The van der Waals surface area contributed by atoms with Crippen LogP contribution in [-0.2, 0) is 0 Å². The van der Waals surface area contributed by atoms with Crippen molar-refractivity contribution in [1.82, 2.24) is 0 Å². The summed E-state index contributed by atoms with van der Waals surface area (Å²) >= 11 is 1.72. The van der Waals surface area contributed by atoms with Crippen LogP contribution in [-0.4, -0.2) is 23.7 Å². The molecule has 0 aliphatic rings.